The second-order valence-electron chi connectivity index (χ2n) is 11.0. The number of alkyl halides is 3. The first-order chi connectivity index (χ1) is 18.6. The lowest BCUT2D eigenvalue weighted by Crippen LogP contribution is -2.49. The molecule has 39 heavy (non-hydrogen) atoms. The van der Waals surface area contributed by atoms with Crippen molar-refractivity contribution < 1.29 is 22.7 Å². The normalized spacial score (nSPS) is 22.0. The van der Waals surface area contributed by atoms with Crippen LogP contribution in [0.4, 0.5) is 18.9 Å². The summed E-state index contributed by atoms with van der Waals surface area (Å²) in [5.74, 6) is -0.103. The molecule has 0 spiro atoms. The maximum Gasteiger partial charge on any atom is 0.416 e. The quantitative estimate of drug-likeness (QED) is 0.592. The van der Waals surface area contributed by atoms with Crippen LogP contribution in [0.5, 0.6) is 0 Å². The summed E-state index contributed by atoms with van der Waals surface area (Å²) in [5, 5.41) is 12.4. The first kappa shape index (κ1) is 27.6. The highest BCUT2D eigenvalue weighted by Crippen LogP contribution is 2.35. The number of nitrogens with zero attached hydrogens (tertiary/aromatic N) is 4. The van der Waals surface area contributed by atoms with E-state index in [1.165, 1.54) is 6.07 Å². The molecule has 3 aliphatic heterocycles. The Morgan fingerprint density at radius 3 is 2.54 bits per heavy atom. The number of ether oxygens (including phenoxy) is 1. The van der Waals surface area contributed by atoms with Crippen LogP contribution in [0.15, 0.2) is 36.4 Å². The number of piperazine rings is 1. The number of anilines is 1. The van der Waals surface area contributed by atoms with E-state index in [-0.39, 0.29) is 35.7 Å². The third-order valence-electron chi connectivity index (χ3n) is 8.12. The van der Waals surface area contributed by atoms with Gasteiger partial charge in [-0.15, -0.1) is 0 Å². The van der Waals surface area contributed by atoms with Crippen molar-refractivity contribution in [3.8, 4) is 6.07 Å². The molecule has 1 unspecified atom stereocenters. The molecule has 2 aromatic rings. The van der Waals surface area contributed by atoms with E-state index in [2.05, 4.69) is 28.1 Å². The monoisotopic (exact) mass is 541 g/mol. The molecular weight excluding hydrogens is 507 g/mol. The average molecular weight is 542 g/mol. The van der Waals surface area contributed by atoms with Crippen LogP contribution in [-0.4, -0.2) is 79.6 Å². The fraction of sp³-hybridized carbons (Fsp3) is 0.517. The SMILES string of the molecule is C[C@H]1CN(C(C#N)C2COC2)Cc2cc(C(=O)Nc3ccc(CN4CCN(C)CC4)c(C(F)(F)F)c3)ccc21. The summed E-state index contributed by atoms with van der Waals surface area (Å²) in [6.45, 7) is 7.81. The molecule has 0 bridgehead atoms. The molecule has 1 amide bonds. The molecule has 1 N–H and O–H groups in total. The standard InChI is InChI=1S/C29H34F3N5O2/c1-19-14-37(27(13-33)23-17-39-18-23)16-22-11-20(4-6-25(19)22)28(38)34-24-5-3-21(26(12-24)29(30,31)32)15-36-9-7-35(2)8-10-36/h3-6,11-12,19,23,27H,7-10,14-18H2,1-2H3,(H,34,38)/t19-,27?/m0/s1. The first-order valence-corrected chi connectivity index (χ1v) is 13.4. The number of benzene rings is 2. The van der Waals surface area contributed by atoms with E-state index in [1.807, 2.05) is 18.0 Å². The maximum atomic E-state index is 14.0. The number of carbonyl (C=O) groups is 1. The highest BCUT2D eigenvalue weighted by atomic mass is 19.4. The van der Waals surface area contributed by atoms with Gasteiger partial charge in [0.25, 0.3) is 5.91 Å². The molecule has 0 aromatic heterocycles. The van der Waals surface area contributed by atoms with Gasteiger partial charge in [-0.2, -0.15) is 18.4 Å². The number of hydrogen-bond donors (Lipinski definition) is 1. The summed E-state index contributed by atoms with van der Waals surface area (Å²) < 4.78 is 47.2. The number of nitriles is 1. The van der Waals surface area contributed by atoms with Crippen LogP contribution in [0.2, 0.25) is 0 Å². The van der Waals surface area contributed by atoms with E-state index in [0.717, 1.165) is 36.8 Å². The predicted octanol–water partition coefficient (Wildman–Crippen LogP) is 4.16. The van der Waals surface area contributed by atoms with Crippen molar-refractivity contribution in [1.82, 2.24) is 14.7 Å². The smallest absolute Gasteiger partial charge is 0.380 e. The second-order valence-corrected chi connectivity index (χ2v) is 11.0. The summed E-state index contributed by atoms with van der Waals surface area (Å²) in [7, 11) is 2.00. The zero-order valence-electron chi connectivity index (χ0n) is 22.3. The number of likely N-dealkylation sites (N-methyl/N-ethyl adjacent to an activating group) is 1. The lowest BCUT2D eigenvalue weighted by atomic mass is 9.87. The summed E-state index contributed by atoms with van der Waals surface area (Å²) in [5.41, 5.74) is 2.04. The molecule has 3 heterocycles. The second kappa shape index (κ2) is 11.3. The zero-order valence-corrected chi connectivity index (χ0v) is 22.3. The minimum absolute atomic E-state index is 0.108. The molecule has 2 fully saturated rings. The Bertz CT molecular complexity index is 1250. The Balaban J connectivity index is 1.32. The summed E-state index contributed by atoms with van der Waals surface area (Å²) >= 11 is 0. The molecule has 5 rings (SSSR count). The Morgan fingerprint density at radius 1 is 1.15 bits per heavy atom. The van der Waals surface area contributed by atoms with Gasteiger partial charge in [0.2, 0.25) is 0 Å². The van der Waals surface area contributed by atoms with Crippen LogP contribution in [-0.2, 0) is 24.0 Å². The molecule has 2 atom stereocenters. The van der Waals surface area contributed by atoms with Gasteiger partial charge in [0.15, 0.2) is 0 Å². The van der Waals surface area contributed by atoms with Gasteiger partial charge in [0, 0.05) is 63.0 Å². The first-order valence-electron chi connectivity index (χ1n) is 13.4. The average Bonchev–Trinajstić information content (AvgIpc) is 2.87. The van der Waals surface area contributed by atoms with Crippen molar-refractivity contribution in [1.29, 1.82) is 5.26 Å². The van der Waals surface area contributed by atoms with Gasteiger partial charge < -0.3 is 15.0 Å². The Morgan fingerprint density at radius 2 is 1.90 bits per heavy atom. The highest BCUT2D eigenvalue weighted by Gasteiger charge is 2.37. The fourth-order valence-corrected chi connectivity index (χ4v) is 5.74. The van der Waals surface area contributed by atoms with Crippen LogP contribution < -0.4 is 5.32 Å². The lowest BCUT2D eigenvalue weighted by Gasteiger charge is -2.41. The van der Waals surface area contributed by atoms with Gasteiger partial charge in [-0.05, 0) is 53.9 Å². The van der Waals surface area contributed by atoms with Gasteiger partial charge in [0.05, 0.1) is 24.8 Å². The van der Waals surface area contributed by atoms with Gasteiger partial charge in [-0.25, -0.2) is 0 Å². The number of nitrogens with one attached hydrogen (secondary N) is 1. The van der Waals surface area contributed by atoms with E-state index < -0.39 is 17.6 Å². The van der Waals surface area contributed by atoms with Crippen LogP contribution in [0.1, 0.15) is 45.5 Å². The van der Waals surface area contributed by atoms with Crippen LogP contribution in [0, 0.1) is 17.2 Å². The van der Waals surface area contributed by atoms with Crippen LogP contribution in [0.3, 0.4) is 0 Å². The van der Waals surface area contributed by atoms with Crippen molar-refractivity contribution in [2.75, 3.05) is 58.3 Å². The Labute approximate surface area is 227 Å². The molecule has 10 heteroatoms. The molecular formula is C29H34F3N5O2. The molecule has 0 aliphatic carbocycles. The van der Waals surface area contributed by atoms with Gasteiger partial charge in [-0.3, -0.25) is 14.6 Å². The van der Waals surface area contributed by atoms with E-state index in [9.17, 15) is 23.2 Å². The van der Waals surface area contributed by atoms with E-state index >= 15 is 0 Å². The minimum atomic E-state index is -4.53. The predicted molar refractivity (Wildman–Crippen MR) is 141 cm³/mol. The molecule has 7 nitrogen and oxygen atoms in total. The number of hydrogen-bond acceptors (Lipinski definition) is 6. The molecule has 0 radical (unpaired) electrons. The van der Waals surface area contributed by atoms with Crippen molar-refractivity contribution >= 4 is 11.6 Å². The third kappa shape index (κ3) is 6.12. The summed E-state index contributed by atoms with van der Waals surface area (Å²) in [4.78, 5) is 19.4. The lowest BCUT2D eigenvalue weighted by molar-refractivity contribution is -0.138. The molecule has 2 saturated heterocycles. The topological polar surface area (TPSA) is 71.8 Å². The number of amides is 1. The van der Waals surface area contributed by atoms with Crippen LogP contribution in [0.25, 0.3) is 0 Å². The number of halogens is 3. The van der Waals surface area contributed by atoms with Crippen molar-refractivity contribution in [2.45, 2.75) is 38.1 Å². The van der Waals surface area contributed by atoms with Gasteiger partial charge >= 0.3 is 6.18 Å². The number of rotatable bonds is 6. The molecule has 0 saturated carbocycles. The summed E-state index contributed by atoms with van der Waals surface area (Å²) in [6.07, 6.45) is -4.53. The largest absolute Gasteiger partial charge is 0.416 e. The molecule has 2 aromatic carbocycles. The third-order valence-corrected chi connectivity index (χ3v) is 8.12. The van der Waals surface area contributed by atoms with Gasteiger partial charge in [-0.1, -0.05) is 19.1 Å². The van der Waals surface area contributed by atoms with E-state index in [0.29, 0.717) is 38.4 Å². The van der Waals surface area contributed by atoms with E-state index in [1.54, 1.807) is 18.2 Å². The maximum absolute atomic E-state index is 14.0. The van der Waals surface area contributed by atoms with Crippen molar-refractivity contribution in [2.24, 2.45) is 5.92 Å². The van der Waals surface area contributed by atoms with E-state index in [4.69, 9.17) is 4.74 Å². The van der Waals surface area contributed by atoms with Crippen LogP contribution >= 0.6 is 0 Å². The van der Waals surface area contributed by atoms with Gasteiger partial charge in [0.1, 0.15) is 6.04 Å². The Kier molecular flexibility index (Phi) is 7.96. The zero-order chi connectivity index (χ0) is 27.7. The minimum Gasteiger partial charge on any atom is -0.380 e. The highest BCUT2D eigenvalue weighted by molar-refractivity contribution is 6.04. The number of carbonyl (C=O) groups excluding carboxylic acids is 1. The summed E-state index contributed by atoms with van der Waals surface area (Å²) in [6, 6.07) is 11.6. The van der Waals surface area contributed by atoms with Crippen molar-refractivity contribution in [3.05, 3.63) is 64.2 Å². The Hall–Kier alpha value is -2.97. The molecule has 208 valence electrons. The van der Waals surface area contributed by atoms with Crippen molar-refractivity contribution in [3.63, 3.8) is 0 Å². The number of fused-ring (bicyclic) bond motifs is 1. The molecule has 3 aliphatic rings. The fourth-order valence-electron chi connectivity index (χ4n) is 5.74.